The van der Waals surface area contributed by atoms with Crippen molar-refractivity contribution < 1.29 is 4.42 Å². The summed E-state index contributed by atoms with van der Waals surface area (Å²) in [7, 11) is 0. The van der Waals surface area contributed by atoms with E-state index < -0.39 is 0 Å². The third-order valence-corrected chi connectivity index (χ3v) is 4.55. The minimum absolute atomic E-state index is 0.0543. The molecule has 0 aliphatic heterocycles. The van der Waals surface area contributed by atoms with E-state index in [2.05, 4.69) is 43.4 Å². The van der Waals surface area contributed by atoms with Gasteiger partial charge in [0.1, 0.15) is 0 Å². The molecule has 2 rings (SSSR count). The van der Waals surface area contributed by atoms with Crippen LogP contribution < -0.4 is 11.3 Å². The Morgan fingerprint density at radius 2 is 2.19 bits per heavy atom. The van der Waals surface area contributed by atoms with Crippen LogP contribution in [0.5, 0.6) is 0 Å². The van der Waals surface area contributed by atoms with Crippen LogP contribution in [0.1, 0.15) is 16.5 Å². The van der Waals surface area contributed by atoms with E-state index >= 15 is 0 Å². The second-order valence-electron chi connectivity index (χ2n) is 3.28. The summed E-state index contributed by atoms with van der Waals surface area (Å²) in [6.07, 6.45) is 2.49. The van der Waals surface area contributed by atoms with Crippen LogP contribution in [0.2, 0.25) is 0 Å². The highest BCUT2D eigenvalue weighted by Gasteiger charge is 2.16. The molecular formula is C10H10Br2N2OS. The minimum Gasteiger partial charge on any atom is -0.457 e. The molecule has 0 saturated carbocycles. The number of hydrogen-bond acceptors (Lipinski definition) is 4. The van der Waals surface area contributed by atoms with Crippen molar-refractivity contribution in [2.45, 2.75) is 12.5 Å². The Hall–Kier alpha value is -0.140. The number of furan rings is 1. The Bertz CT molecular complexity index is 469. The third kappa shape index (κ3) is 2.75. The van der Waals surface area contributed by atoms with E-state index in [0.29, 0.717) is 0 Å². The predicted octanol–water partition coefficient (Wildman–Crippen LogP) is 3.61. The van der Waals surface area contributed by atoms with Gasteiger partial charge >= 0.3 is 0 Å². The zero-order valence-electron chi connectivity index (χ0n) is 8.24. The summed E-state index contributed by atoms with van der Waals surface area (Å²) in [5.41, 5.74) is 3.84. The molecule has 0 aromatic carbocycles. The van der Waals surface area contributed by atoms with Crippen LogP contribution in [0.15, 0.2) is 37.3 Å². The molecule has 1 atom stereocenters. The van der Waals surface area contributed by atoms with Gasteiger partial charge in [-0.1, -0.05) is 0 Å². The molecule has 2 aromatic rings. The van der Waals surface area contributed by atoms with E-state index in [1.54, 1.807) is 17.6 Å². The maximum Gasteiger partial charge on any atom is 0.173 e. The van der Waals surface area contributed by atoms with Crippen LogP contribution in [0.4, 0.5) is 0 Å². The van der Waals surface area contributed by atoms with Crippen LogP contribution in [0.25, 0.3) is 0 Å². The van der Waals surface area contributed by atoms with Gasteiger partial charge in [0.25, 0.3) is 0 Å². The van der Waals surface area contributed by atoms with Gasteiger partial charge in [0.2, 0.25) is 0 Å². The zero-order valence-corrected chi connectivity index (χ0v) is 12.2. The van der Waals surface area contributed by atoms with Crippen LogP contribution >= 0.6 is 43.2 Å². The Kier molecular flexibility index (Phi) is 4.21. The van der Waals surface area contributed by atoms with Crippen molar-refractivity contribution in [3.63, 3.8) is 0 Å². The van der Waals surface area contributed by atoms with Crippen LogP contribution in [0, 0.1) is 0 Å². The first-order chi connectivity index (χ1) is 7.70. The van der Waals surface area contributed by atoms with Crippen LogP contribution in [-0.2, 0) is 6.42 Å². The standard InChI is InChI=1S/C10H10Br2N2OS/c11-9-2-1-6(16-9)5-8(14-13)7-3-4-15-10(7)12/h1-4,8,14H,5,13H2. The molecule has 3 N–H and O–H groups in total. The first-order valence-electron chi connectivity index (χ1n) is 4.64. The average Bonchev–Trinajstić information content (AvgIpc) is 2.84. The van der Waals surface area contributed by atoms with E-state index in [-0.39, 0.29) is 6.04 Å². The molecule has 16 heavy (non-hydrogen) atoms. The van der Waals surface area contributed by atoms with Gasteiger partial charge in [0, 0.05) is 16.9 Å². The van der Waals surface area contributed by atoms with Gasteiger partial charge in [-0.05, 0) is 50.1 Å². The van der Waals surface area contributed by atoms with Crippen molar-refractivity contribution in [3.8, 4) is 0 Å². The highest BCUT2D eigenvalue weighted by atomic mass is 79.9. The number of nitrogens with one attached hydrogen (secondary N) is 1. The third-order valence-electron chi connectivity index (χ3n) is 2.26. The van der Waals surface area contributed by atoms with E-state index in [0.717, 1.165) is 20.4 Å². The molecule has 0 bridgehead atoms. The fraction of sp³-hybridized carbons (Fsp3) is 0.200. The lowest BCUT2D eigenvalue weighted by molar-refractivity contribution is 0.508. The molecule has 2 aromatic heterocycles. The smallest absolute Gasteiger partial charge is 0.173 e. The van der Waals surface area contributed by atoms with Crippen molar-refractivity contribution >= 4 is 43.2 Å². The number of rotatable bonds is 4. The lowest BCUT2D eigenvalue weighted by atomic mass is 10.1. The summed E-state index contributed by atoms with van der Waals surface area (Å²) in [6.45, 7) is 0. The van der Waals surface area contributed by atoms with Crippen molar-refractivity contribution in [2.24, 2.45) is 5.84 Å². The average molecular weight is 366 g/mol. The number of thiophene rings is 1. The number of hydrogen-bond donors (Lipinski definition) is 2. The molecule has 0 amide bonds. The molecule has 1 unspecified atom stereocenters. The maximum absolute atomic E-state index is 5.57. The monoisotopic (exact) mass is 364 g/mol. The molecule has 0 aliphatic rings. The summed E-state index contributed by atoms with van der Waals surface area (Å²) < 4.78 is 7.06. The Morgan fingerprint density at radius 3 is 2.69 bits per heavy atom. The second-order valence-corrected chi connectivity index (χ2v) is 6.55. The highest BCUT2D eigenvalue weighted by Crippen LogP contribution is 2.30. The molecule has 6 heteroatoms. The highest BCUT2D eigenvalue weighted by molar-refractivity contribution is 9.11. The van der Waals surface area contributed by atoms with Gasteiger partial charge in [0.05, 0.1) is 16.1 Å². The Balaban J connectivity index is 2.15. The molecule has 0 radical (unpaired) electrons. The summed E-state index contributed by atoms with van der Waals surface area (Å²) >= 11 is 8.51. The molecule has 2 heterocycles. The first kappa shape index (κ1) is 12.3. The fourth-order valence-corrected chi connectivity index (χ4v) is 3.52. The molecule has 0 spiro atoms. The molecular weight excluding hydrogens is 356 g/mol. The van der Waals surface area contributed by atoms with E-state index in [1.807, 2.05) is 12.1 Å². The molecule has 86 valence electrons. The summed E-state index contributed by atoms with van der Waals surface area (Å²) in [5, 5.41) is 0. The van der Waals surface area contributed by atoms with Gasteiger partial charge in [-0.2, -0.15) is 0 Å². The number of hydrazine groups is 1. The quantitative estimate of drug-likeness (QED) is 0.642. The Labute approximate surface area is 114 Å². The van der Waals surface area contributed by atoms with Crippen molar-refractivity contribution in [1.82, 2.24) is 5.43 Å². The lowest BCUT2D eigenvalue weighted by Crippen LogP contribution is -2.29. The second kappa shape index (κ2) is 5.46. The molecule has 3 nitrogen and oxygen atoms in total. The predicted molar refractivity (Wildman–Crippen MR) is 72.2 cm³/mol. The van der Waals surface area contributed by atoms with Crippen LogP contribution in [0.3, 0.4) is 0 Å². The van der Waals surface area contributed by atoms with Crippen molar-refractivity contribution in [2.75, 3.05) is 0 Å². The molecule has 0 aliphatic carbocycles. The molecule has 0 fully saturated rings. The number of halogens is 2. The van der Waals surface area contributed by atoms with Gasteiger partial charge < -0.3 is 4.42 Å². The topological polar surface area (TPSA) is 51.2 Å². The molecule has 0 saturated heterocycles. The number of nitrogens with two attached hydrogens (primary N) is 1. The summed E-state index contributed by atoms with van der Waals surface area (Å²) in [4.78, 5) is 1.27. The minimum atomic E-state index is 0.0543. The SMILES string of the molecule is NNC(Cc1ccc(Br)s1)c1ccoc1Br. The van der Waals surface area contributed by atoms with Gasteiger partial charge in [-0.25, -0.2) is 0 Å². The van der Waals surface area contributed by atoms with Gasteiger partial charge in [-0.15, -0.1) is 11.3 Å². The largest absolute Gasteiger partial charge is 0.457 e. The maximum atomic E-state index is 5.57. The van der Waals surface area contributed by atoms with E-state index in [1.165, 1.54) is 4.88 Å². The van der Waals surface area contributed by atoms with Crippen molar-refractivity contribution in [1.29, 1.82) is 0 Å². The summed E-state index contributed by atoms with van der Waals surface area (Å²) in [6, 6.07) is 6.10. The lowest BCUT2D eigenvalue weighted by Gasteiger charge is -2.13. The Morgan fingerprint density at radius 1 is 1.38 bits per heavy atom. The van der Waals surface area contributed by atoms with Crippen LogP contribution in [-0.4, -0.2) is 0 Å². The normalized spacial score (nSPS) is 12.9. The van der Waals surface area contributed by atoms with Gasteiger partial charge in [0.15, 0.2) is 4.67 Å². The zero-order chi connectivity index (χ0) is 11.5. The van der Waals surface area contributed by atoms with Crippen molar-refractivity contribution in [3.05, 3.63) is 43.4 Å². The first-order valence-corrected chi connectivity index (χ1v) is 7.04. The van der Waals surface area contributed by atoms with Gasteiger partial charge in [-0.3, -0.25) is 11.3 Å². The van der Waals surface area contributed by atoms with E-state index in [9.17, 15) is 0 Å². The summed E-state index contributed by atoms with van der Waals surface area (Å²) in [5.74, 6) is 5.57. The fourth-order valence-electron chi connectivity index (χ4n) is 1.48. The van der Waals surface area contributed by atoms with E-state index in [4.69, 9.17) is 10.3 Å².